The first-order valence-corrected chi connectivity index (χ1v) is 7.09. The molecule has 0 saturated heterocycles. The van der Waals surface area contributed by atoms with Gasteiger partial charge in [-0.15, -0.1) is 0 Å². The van der Waals surface area contributed by atoms with Crippen LogP contribution in [0.25, 0.3) is 0 Å². The van der Waals surface area contributed by atoms with Crippen molar-refractivity contribution < 1.29 is 4.79 Å². The van der Waals surface area contributed by atoms with Crippen molar-refractivity contribution in [2.75, 3.05) is 13.1 Å². The van der Waals surface area contributed by atoms with Crippen LogP contribution in [0.4, 0.5) is 0 Å². The Kier molecular flexibility index (Phi) is 5.16. The van der Waals surface area contributed by atoms with E-state index in [-0.39, 0.29) is 11.8 Å². The minimum atomic E-state index is -0.0657. The van der Waals surface area contributed by atoms with Gasteiger partial charge in [0.1, 0.15) is 0 Å². The maximum atomic E-state index is 12.3. The molecule has 1 atom stereocenters. The number of unbranched alkanes of at least 4 members (excludes halogenated alkanes) is 1. The lowest BCUT2D eigenvalue weighted by atomic mass is 9.93. The molecule has 0 saturated carbocycles. The number of nitrogens with one attached hydrogen (secondary N) is 2. The van der Waals surface area contributed by atoms with Gasteiger partial charge < -0.3 is 10.6 Å². The highest BCUT2D eigenvalue weighted by molar-refractivity contribution is 6.03. The van der Waals surface area contributed by atoms with Gasteiger partial charge in [0.15, 0.2) is 5.78 Å². The van der Waals surface area contributed by atoms with E-state index in [0.717, 1.165) is 43.6 Å². The Balaban J connectivity index is 1.91. The minimum absolute atomic E-state index is 0.0657. The van der Waals surface area contributed by atoms with E-state index in [1.54, 1.807) is 0 Å². The summed E-state index contributed by atoms with van der Waals surface area (Å²) in [5.41, 5.74) is 1.85. The first-order valence-electron chi connectivity index (χ1n) is 7.09. The summed E-state index contributed by atoms with van der Waals surface area (Å²) in [6.07, 6.45) is 14.8. The second kappa shape index (κ2) is 7.10. The molecule has 1 aliphatic carbocycles. The van der Waals surface area contributed by atoms with Crippen LogP contribution in [0, 0.1) is 0 Å². The number of rotatable bonds is 6. The molecular weight excluding hydrogens is 236 g/mol. The third-order valence-electron chi connectivity index (χ3n) is 3.37. The number of ketones is 1. The monoisotopic (exact) mass is 258 g/mol. The van der Waals surface area contributed by atoms with E-state index < -0.39 is 0 Å². The molecule has 0 amide bonds. The molecule has 1 heterocycles. The summed E-state index contributed by atoms with van der Waals surface area (Å²) in [7, 11) is 0. The molecule has 0 aromatic carbocycles. The van der Waals surface area contributed by atoms with E-state index in [1.807, 2.05) is 36.5 Å². The molecule has 0 radical (unpaired) electrons. The third kappa shape index (κ3) is 3.93. The average molecular weight is 258 g/mol. The topological polar surface area (TPSA) is 41.1 Å². The van der Waals surface area contributed by atoms with Gasteiger partial charge in [-0.25, -0.2) is 0 Å². The van der Waals surface area contributed by atoms with Crippen LogP contribution in [0.2, 0.25) is 0 Å². The molecule has 2 rings (SSSR count). The Labute approximate surface area is 115 Å². The van der Waals surface area contributed by atoms with Crippen molar-refractivity contribution in [1.29, 1.82) is 0 Å². The molecule has 102 valence electrons. The van der Waals surface area contributed by atoms with Crippen LogP contribution in [0.5, 0.6) is 0 Å². The lowest BCUT2D eigenvalue weighted by Gasteiger charge is -2.25. The fourth-order valence-corrected chi connectivity index (χ4v) is 2.34. The van der Waals surface area contributed by atoms with Crippen molar-refractivity contribution in [3.05, 3.63) is 47.7 Å². The van der Waals surface area contributed by atoms with E-state index in [0.29, 0.717) is 0 Å². The van der Waals surface area contributed by atoms with E-state index in [1.165, 1.54) is 0 Å². The van der Waals surface area contributed by atoms with Gasteiger partial charge >= 0.3 is 0 Å². The predicted molar refractivity (Wildman–Crippen MR) is 78.8 cm³/mol. The smallest absolute Gasteiger partial charge is 0.185 e. The highest BCUT2D eigenvalue weighted by atomic mass is 16.1. The Bertz CT molecular complexity index is 444. The fraction of sp³-hybridized carbons (Fsp3) is 0.438. The van der Waals surface area contributed by atoms with Crippen LogP contribution < -0.4 is 10.6 Å². The summed E-state index contributed by atoms with van der Waals surface area (Å²) in [6.45, 7) is 4.15. The highest BCUT2D eigenvalue weighted by Gasteiger charge is 2.25. The molecule has 19 heavy (non-hydrogen) atoms. The summed E-state index contributed by atoms with van der Waals surface area (Å²) in [4.78, 5) is 12.3. The lowest BCUT2D eigenvalue weighted by molar-refractivity contribution is -0.117. The van der Waals surface area contributed by atoms with Crippen molar-refractivity contribution in [3.8, 4) is 0 Å². The van der Waals surface area contributed by atoms with Crippen LogP contribution in [-0.4, -0.2) is 24.9 Å². The zero-order valence-electron chi connectivity index (χ0n) is 11.5. The van der Waals surface area contributed by atoms with Crippen molar-refractivity contribution in [2.45, 2.75) is 32.2 Å². The normalized spacial score (nSPS) is 25.7. The van der Waals surface area contributed by atoms with Crippen LogP contribution in [0.3, 0.4) is 0 Å². The summed E-state index contributed by atoms with van der Waals surface area (Å²) >= 11 is 0. The maximum Gasteiger partial charge on any atom is 0.185 e. The predicted octanol–water partition coefficient (Wildman–Crippen LogP) is 2.24. The largest absolute Gasteiger partial charge is 0.375 e. The van der Waals surface area contributed by atoms with E-state index >= 15 is 0 Å². The highest BCUT2D eigenvalue weighted by Crippen LogP contribution is 2.18. The summed E-state index contributed by atoms with van der Waals surface area (Å²) in [5, 5.41) is 6.63. The van der Waals surface area contributed by atoms with E-state index in [2.05, 4.69) is 17.6 Å². The standard InChI is InChI=1S/C16H22N2O/c1-2-17-11-7-6-10-15-16(19)13-8-4-3-5-9-14(12-13)18-15/h3-5,8-9,12,15,17-18H,2,6-7,10-11H2,1H3/b4-3-,5-3?,8-4?,9-5?,13-8+,14-9?. The molecule has 0 aromatic rings. The molecule has 1 aliphatic heterocycles. The SMILES string of the molecule is CCNCCCCC1NC2=C/C(=C\C=C/C=C2)C1=O. The number of carbonyl (C=O) groups is 1. The summed E-state index contributed by atoms with van der Waals surface area (Å²) < 4.78 is 0. The molecule has 3 heteroatoms. The van der Waals surface area contributed by atoms with Crippen LogP contribution >= 0.6 is 0 Å². The zero-order chi connectivity index (χ0) is 13.5. The third-order valence-corrected chi connectivity index (χ3v) is 3.37. The molecule has 0 aromatic heterocycles. The lowest BCUT2D eigenvalue weighted by Crippen LogP contribution is -2.40. The molecule has 1 unspecified atom stereocenters. The number of Topliss-reactive ketones (excluding diaryl/α,β-unsaturated/α-hetero) is 1. The first kappa shape index (κ1) is 13.8. The van der Waals surface area contributed by atoms with Crippen LogP contribution in [0.15, 0.2) is 47.7 Å². The van der Waals surface area contributed by atoms with Gasteiger partial charge in [-0.05, 0) is 44.5 Å². The Morgan fingerprint density at radius 2 is 2.16 bits per heavy atom. The van der Waals surface area contributed by atoms with Gasteiger partial charge in [0.25, 0.3) is 0 Å². The maximum absolute atomic E-state index is 12.3. The molecule has 2 aliphatic rings. The van der Waals surface area contributed by atoms with Gasteiger partial charge in [0.05, 0.1) is 6.04 Å². The number of carbonyl (C=O) groups excluding carboxylic acids is 1. The number of hydrogen-bond donors (Lipinski definition) is 2. The number of allylic oxidation sites excluding steroid dienone is 6. The van der Waals surface area contributed by atoms with Gasteiger partial charge in [-0.1, -0.05) is 31.2 Å². The molecule has 2 bridgehead atoms. The second-order valence-electron chi connectivity index (χ2n) is 4.88. The summed E-state index contributed by atoms with van der Waals surface area (Å²) in [6, 6.07) is -0.0657. The average Bonchev–Trinajstić information content (AvgIpc) is 2.38. The summed E-state index contributed by atoms with van der Waals surface area (Å²) in [5.74, 6) is 0.215. The Morgan fingerprint density at radius 1 is 1.26 bits per heavy atom. The van der Waals surface area contributed by atoms with E-state index in [4.69, 9.17) is 0 Å². The van der Waals surface area contributed by atoms with Gasteiger partial charge in [-0.3, -0.25) is 4.79 Å². The fourth-order valence-electron chi connectivity index (χ4n) is 2.34. The second-order valence-corrected chi connectivity index (χ2v) is 4.88. The van der Waals surface area contributed by atoms with Gasteiger partial charge in [-0.2, -0.15) is 0 Å². The van der Waals surface area contributed by atoms with Crippen LogP contribution in [-0.2, 0) is 4.79 Å². The number of fused-ring (bicyclic) bond motifs is 1. The van der Waals surface area contributed by atoms with Crippen LogP contribution in [0.1, 0.15) is 26.2 Å². The zero-order valence-corrected chi connectivity index (χ0v) is 11.5. The van der Waals surface area contributed by atoms with Gasteiger partial charge in [0.2, 0.25) is 0 Å². The first-order chi connectivity index (χ1) is 9.31. The number of hydrogen-bond acceptors (Lipinski definition) is 3. The van der Waals surface area contributed by atoms with Crippen molar-refractivity contribution in [1.82, 2.24) is 10.6 Å². The quantitative estimate of drug-likeness (QED) is 0.718. The van der Waals surface area contributed by atoms with Crippen molar-refractivity contribution in [3.63, 3.8) is 0 Å². The molecule has 0 fully saturated rings. The molecular formula is C16H22N2O. The molecule has 2 N–H and O–H groups in total. The molecule has 0 spiro atoms. The van der Waals surface area contributed by atoms with Crippen molar-refractivity contribution >= 4 is 5.78 Å². The Morgan fingerprint density at radius 3 is 3.00 bits per heavy atom. The van der Waals surface area contributed by atoms with Gasteiger partial charge in [0, 0.05) is 11.3 Å². The molecule has 3 nitrogen and oxygen atoms in total. The Hall–Kier alpha value is -1.61. The van der Waals surface area contributed by atoms with Crippen molar-refractivity contribution in [2.24, 2.45) is 0 Å². The minimum Gasteiger partial charge on any atom is -0.375 e. The van der Waals surface area contributed by atoms with E-state index in [9.17, 15) is 4.79 Å².